The van der Waals surface area contributed by atoms with Gasteiger partial charge in [0, 0.05) is 16.3 Å². The molecule has 0 heterocycles. The minimum absolute atomic E-state index is 0.818. The van der Waals surface area contributed by atoms with Crippen LogP contribution < -0.4 is 5.32 Å². The highest BCUT2D eigenvalue weighted by Gasteiger charge is 2.06. The summed E-state index contributed by atoms with van der Waals surface area (Å²) in [6.07, 6.45) is 0. The van der Waals surface area contributed by atoms with Crippen LogP contribution in [-0.4, -0.2) is 7.05 Å². The van der Waals surface area contributed by atoms with Gasteiger partial charge in [-0.3, -0.25) is 0 Å². The van der Waals surface area contributed by atoms with Gasteiger partial charge < -0.3 is 5.32 Å². The van der Waals surface area contributed by atoms with Crippen molar-refractivity contribution in [3.63, 3.8) is 0 Å². The third-order valence-electron chi connectivity index (χ3n) is 2.94. The molecule has 0 radical (unpaired) electrons. The number of nitrogens with one attached hydrogen (secondary N) is 1. The van der Waals surface area contributed by atoms with Gasteiger partial charge in [0.2, 0.25) is 0 Å². The predicted molar refractivity (Wildman–Crippen MR) is 84.3 cm³/mol. The Hall–Kier alpha value is -0.960. The van der Waals surface area contributed by atoms with Crippen molar-refractivity contribution in [2.45, 2.75) is 30.2 Å². The first-order valence-corrected chi connectivity index (χ1v) is 7.47. The Morgan fingerprint density at radius 2 is 1.84 bits per heavy atom. The van der Waals surface area contributed by atoms with Crippen molar-refractivity contribution in [3.8, 4) is 0 Å². The predicted octanol–water partition coefficient (Wildman–Crippen LogP) is 4.83. The second-order valence-corrected chi connectivity index (χ2v) is 6.16. The highest BCUT2D eigenvalue weighted by atomic mass is 35.5. The number of hydrogen-bond acceptors (Lipinski definition) is 2. The molecule has 0 fully saturated rings. The minimum Gasteiger partial charge on any atom is -0.316 e. The zero-order valence-electron chi connectivity index (χ0n) is 11.5. The zero-order valence-corrected chi connectivity index (χ0v) is 13.0. The second-order valence-electron chi connectivity index (χ2n) is 4.67. The fraction of sp³-hybridized carbons (Fsp3) is 0.250. The Labute approximate surface area is 124 Å². The quantitative estimate of drug-likeness (QED) is 0.866. The van der Waals surface area contributed by atoms with Crippen molar-refractivity contribution in [2.75, 3.05) is 7.05 Å². The van der Waals surface area contributed by atoms with Crippen LogP contribution in [0.3, 0.4) is 0 Å². The molecule has 1 nitrogen and oxygen atoms in total. The fourth-order valence-corrected chi connectivity index (χ4v) is 3.20. The SMILES string of the molecule is CNCc1ccc(Sc2cc(C)ccc2C)c(Cl)c1. The normalized spacial score (nSPS) is 10.7. The van der Waals surface area contributed by atoms with Gasteiger partial charge in [0.05, 0.1) is 5.02 Å². The van der Waals surface area contributed by atoms with Crippen LogP contribution in [0.25, 0.3) is 0 Å². The highest BCUT2D eigenvalue weighted by Crippen LogP contribution is 2.35. The molecular weight excluding hydrogens is 274 g/mol. The molecule has 0 atom stereocenters. The summed E-state index contributed by atoms with van der Waals surface area (Å²) in [4.78, 5) is 2.37. The van der Waals surface area contributed by atoms with Crippen LogP contribution in [0.15, 0.2) is 46.2 Å². The maximum Gasteiger partial charge on any atom is 0.0548 e. The molecule has 2 aromatic carbocycles. The van der Waals surface area contributed by atoms with Crippen LogP contribution in [-0.2, 0) is 6.54 Å². The summed E-state index contributed by atoms with van der Waals surface area (Å²) in [6.45, 7) is 5.08. The lowest BCUT2D eigenvalue weighted by molar-refractivity contribution is 0.817. The lowest BCUT2D eigenvalue weighted by atomic mass is 10.2. The smallest absolute Gasteiger partial charge is 0.0548 e. The summed E-state index contributed by atoms with van der Waals surface area (Å²) < 4.78 is 0. The summed E-state index contributed by atoms with van der Waals surface area (Å²) in [5.74, 6) is 0. The molecule has 0 saturated carbocycles. The molecule has 0 aliphatic heterocycles. The molecule has 19 heavy (non-hydrogen) atoms. The highest BCUT2D eigenvalue weighted by molar-refractivity contribution is 7.99. The number of aryl methyl sites for hydroxylation is 2. The minimum atomic E-state index is 0.818. The van der Waals surface area contributed by atoms with E-state index in [9.17, 15) is 0 Å². The maximum atomic E-state index is 6.36. The average molecular weight is 292 g/mol. The van der Waals surface area contributed by atoms with Crippen molar-refractivity contribution >= 4 is 23.4 Å². The van der Waals surface area contributed by atoms with E-state index in [2.05, 4.69) is 49.5 Å². The average Bonchev–Trinajstić information content (AvgIpc) is 2.37. The van der Waals surface area contributed by atoms with E-state index in [0.29, 0.717) is 0 Å². The van der Waals surface area contributed by atoms with E-state index in [1.807, 2.05) is 13.1 Å². The van der Waals surface area contributed by atoms with Crippen LogP contribution in [0.5, 0.6) is 0 Å². The Bertz CT molecular complexity index is 581. The number of rotatable bonds is 4. The van der Waals surface area contributed by atoms with Crippen LogP contribution >= 0.6 is 23.4 Å². The monoisotopic (exact) mass is 291 g/mol. The Kier molecular flexibility index (Phi) is 4.92. The molecule has 2 rings (SSSR count). The molecule has 0 saturated heterocycles. The van der Waals surface area contributed by atoms with Gasteiger partial charge in [-0.1, -0.05) is 41.6 Å². The zero-order chi connectivity index (χ0) is 13.8. The molecule has 100 valence electrons. The van der Waals surface area contributed by atoms with Crippen LogP contribution in [0.1, 0.15) is 16.7 Å². The van der Waals surface area contributed by atoms with Gasteiger partial charge in [-0.15, -0.1) is 0 Å². The Morgan fingerprint density at radius 3 is 2.53 bits per heavy atom. The van der Waals surface area contributed by atoms with E-state index in [1.165, 1.54) is 21.6 Å². The van der Waals surface area contributed by atoms with Crippen molar-refractivity contribution in [1.29, 1.82) is 0 Å². The summed E-state index contributed by atoms with van der Waals surface area (Å²) in [5.41, 5.74) is 3.76. The Balaban J connectivity index is 2.25. The first kappa shape index (κ1) is 14.4. The summed E-state index contributed by atoms with van der Waals surface area (Å²) in [6, 6.07) is 12.7. The molecule has 0 aromatic heterocycles. The molecule has 0 aliphatic rings. The topological polar surface area (TPSA) is 12.0 Å². The van der Waals surface area contributed by atoms with E-state index in [4.69, 9.17) is 11.6 Å². The molecular formula is C16H18ClNS. The van der Waals surface area contributed by atoms with Crippen molar-refractivity contribution in [1.82, 2.24) is 5.32 Å². The third-order valence-corrected chi connectivity index (χ3v) is 4.60. The number of halogens is 1. The number of hydrogen-bond donors (Lipinski definition) is 1. The lowest BCUT2D eigenvalue weighted by Crippen LogP contribution is -2.04. The van der Waals surface area contributed by atoms with E-state index < -0.39 is 0 Å². The molecule has 0 amide bonds. The third kappa shape index (κ3) is 3.75. The van der Waals surface area contributed by atoms with Gasteiger partial charge in [-0.25, -0.2) is 0 Å². The van der Waals surface area contributed by atoms with E-state index in [0.717, 1.165) is 16.5 Å². The molecule has 0 spiro atoms. The van der Waals surface area contributed by atoms with Crippen molar-refractivity contribution in [2.24, 2.45) is 0 Å². The van der Waals surface area contributed by atoms with Gasteiger partial charge in [-0.05, 0) is 55.8 Å². The molecule has 0 bridgehead atoms. The van der Waals surface area contributed by atoms with E-state index in [-0.39, 0.29) is 0 Å². The second kappa shape index (κ2) is 6.47. The summed E-state index contributed by atoms with van der Waals surface area (Å²) >= 11 is 8.09. The van der Waals surface area contributed by atoms with Crippen LogP contribution in [0, 0.1) is 13.8 Å². The van der Waals surface area contributed by atoms with Gasteiger partial charge in [0.15, 0.2) is 0 Å². The Morgan fingerprint density at radius 1 is 1.05 bits per heavy atom. The van der Waals surface area contributed by atoms with Gasteiger partial charge >= 0.3 is 0 Å². The standard InChI is InChI=1S/C16H18ClNS/c1-11-4-5-12(2)16(8-11)19-15-7-6-13(10-18-3)9-14(15)17/h4-9,18H,10H2,1-3H3. The van der Waals surface area contributed by atoms with Crippen molar-refractivity contribution < 1.29 is 0 Å². The largest absolute Gasteiger partial charge is 0.316 e. The van der Waals surface area contributed by atoms with E-state index in [1.54, 1.807) is 11.8 Å². The van der Waals surface area contributed by atoms with Crippen LogP contribution in [0.2, 0.25) is 5.02 Å². The van der Waals surface area contributed by atoms with Gasteiger partial charge in [0.1, 0.15) is 0 Å². The van der Waals surface area contributed by atoms with Crippen LogP contribution in [0.4, 0.5) is 0 Å². The molecule has 2 aromatic rings. The molecule has 0 aliphatic carbocycles. The lowest BCUT2D eigenvalue weighted by Gasteiger charge is -2.09. The first-order valence-electron chi connectivity index (χ1n) is 6.28. The summed E-state index contributed by atoms with van der Waals surface area (Å²) in [5, 5.41) is 3.95. The molecule has 0 unspecified atom stereocenters. The maximum absolute atomic E-state index is 6.36. The van der Waals surface area contributed by atoms with Gasteiger partial charge in [0.25, 0.3) is 0 Å². The van der Waals surface area contributed by atoms with Gasteiger partial charge in [-0.2, -0.15) is 0 Å². The first-order chi connectivity index (χ1) is 9.10. The molecule has 3 heteroatoms. The number of benzene rings is 2. The van der Waals surface area contributed by atoms with Crippen molar-refractivity contribution in [3.05, 3.63) is 58.1 Å². The van der Waals surface area contributed by atoms with E-state index >= 15 is 0 Å². The fourth-order valence-electron chi connectivity index (χ4n) is 1.88. The molecule has 1 N–H and O–H groups in total. The summed E-state index contributed by atoms with van der Waals surface area (Å²) in [7, 11) is 1.94.